The lowest BCUT2D eigenvalue weighted by molar-refractivity contribution is -0.117. The molecule has 28 heavy (non-hydrogen) atoms. The Morgan fingerprint density at radius 2 is 1.43 bits per heavy atom. The Hall–Kier alpha value is -2.91. The second-order valence-corrected chi connectivity index (χ2v) is 7.69. The number of hydrogen-bond donors (Lipinski definition) is 1. The zero-order chi connectivity index (χ0) is 19.7. The average molecular weight is 371 g/mol. The second-order valence-electron chi connectivity index (χ2n) is 7.69. The summed E-state index contributed by atoms with van der Waals surface area (Å²) in [6, 6.07) is 27.5. The molecule has 0 saturated heterocycles. The number of aliphatic hydroxyl groups is 1. The Morgan fingerprint density at radius 3 is 2.07 bits per heavy atom. The van der Waals surface area contributed by atoms with Gasteiger partial charge in [0.2, 0.25) is 0 Å². The molecule has 0 aromatic heterocycles. The predicted octanol–water partition coefficient (Wildman–Crippen LogP) is 4.72. The summed E-state index contributed by atoms with van der Waals surface area (Å²) in [5, 5.41) is 12.2. The monoisotopic (exact) mass is 371 g/mol. The molecule has 4 rings (SSSR count). The van der Waals surface area contributed by atoms with E-state index >= 15 is 0 Å². The molecular formula is C25H25NO2. The first-order valence-corrected chi connectivity index (χ1v) is 9.78. The molecule has 3 heteroatoms. The molecule has 2 atom stereocenters. The van der Waals surface area contributed by atoms with Gasteiger partial charge in [-0.25, -0.2) is 0 Å². The van der Waals surface area contributed by atoms with Crippen LogP contribution >= 0.6 is 0 Å². The summed E-state index contributed by atoms with van der Waals surface area (Å²) < 4.78 is 0. The lowest BCUT2D eigenvalue weighted by Gasteiger charge is -2.43. The minimum atomic E-state index is -1.40. The van der Waals surface area contributed by atoms with Crippen LogP contribution in [0.5, 0.6) is 0 Å². The van der Waals surface area contributed by atoms with E-state index in [1.165, 1.54) is 0 Å². The first kappa shape index (κ1) is 18.5. The molecule has 2 unspecified atom stereocenters. The van der Waals surface area contributed by atoms with Gasteiger partial charge in [0.25, 0.3) is 5.91 Å². The summed E-state index contributed by atoms with van der Waals surface area (Å²) in [6.07, 6.45) is 0.631. The van der Waals surface area contributed by atoms with Crippen molar-refractivity contribution in [1.82, 2.24) is 4.90 Å². The molecule has 142 valence electrons. The van der Waals surface area contributed by atoms with Crippen molar-refractivity contribution < 1.29 is 9.90 Å². The highest BCUT2D eigenvalue weighted by Gasteiger charge is 2.54. The summed E-state index contributed by atoms with van der Waals surface area (Å²) >= 11 is 0. The molecule has 1 amide bonds. The van der Waals surface area contributed by atoms with Crippen LogP contribution in [0.2, 0.25) is 0 Å². The van der Waals surface area contributed by atoms with Gasteiger partial charge in [0, 0.05) is 23.1 Å². The lowest BCUT2D eigenvalue weighted by atomic mass is 9.79. The summed E-state index contributed by atoms with van der Waals surface area (Å²) in [6.45, 7) is 3.92. The molecule has 1 N–H and O–H groups in total. The molecule has 3 aromatic carbocycles. The average Bonchev–Trinajstić information content (AvgIpc) is 2.96. The number of carbonyl (C=O) groups excluding carboxylic acids is 1. The van der Waals surface area contributed by atoms with E-state index in [2.05, 4.69) is 12.1 Å². The van der Waals surface area contributed by atoms with Crippen LogP contribution in [-0.4, -0.2) is 22.0 Å². The van der Waals surface area contributed by atoms with E-state index in [1.807, 2.05) is 86.6 Å². The smallest absolute Gasteiger partial charge is 0.257 e. The molecule has 0 spiro atoms. The zero-order valence-corrected chi connectivity index (χ0v) is 16.2. The molecule has 0 aliphatic carbocycles. The van der Waals surface area contributed by atoms with Gasteiger partial charge in [-0.2, -0.15) is 0 Å². The first-order valence-electron chi connectivity index (χ1n) is 9.78. The summed E-state index contributed by atoms with van der Waals surface area (Å²) in [7, 11) is 0. The van der Waals surface area contributed by atoms with Gasteiger partial charge in [-0.05, 0) is 37.5 Å². The van der Waals surface area contributed by atoms with Crippen molar-refractivity contribution in [3.05, 3.63) is 107 Å². The Kier molecular flexibility index (Phi) is 4.78. The van der Waals surface area contributed by atoms with Crippen molar-refractivity contribution in [3.63, 3.8) is 0 Å². The van der Waals surface area contributed by atoms with Gasteiger partial charge in [0.1, 0.15) is 0 Å². The van der Waals surface area contributed by atoms with Crippen molar-refractivity contribution >= 4 is 5.91 Å². The third-order valence-corrected chi connectivity index (χ3v) is 5.63. The fraction of sp³-hybridized carbons (Fsp3) is 0.240. The summed E-state index contributed by atoms with van der Waals surface area (Å²) in [5.74, 6) is -0.395. The molecular weight excluding hydrogens is 346 g/mol. The maximum atomic E-state index is 13.2. The highest BCUT2D eigenvalue weighted by molar-refractivity contribution is 6.00. The van der Waals surface area contributed by atoms with Crippen LogP contribution in [0.3, 0.4) is 0 Å². The van der Waals surface area contributed by atoms with E-state index in [9.17, 15) is 9.90 Å². The van der Waals surface area contributed by atoms with Crippen molar-refractivity contribution in [2.45, 2.75) is 38.0 Å². The molecule has 0 bridgehead atoms. The third kappa shape index (κ3) is 2.92. The van der Waals surface area contributed by atoms with Crippen LogP contribution in [0.1, 0.15) is 46.8 Å². The van der Waals surface area contributed by atoms with Gasteiger partial charge < -0.3 is 10.0 Å². The lowest BCUT2D eigenvalue weighted by Crippen LogP contribution is -2.51. The Labute approximate surface area is 166 Å². The van der Waals surface area contributed by atoms with Crippen LogP contribution in [0, 0.1) is 0 Å². The maximum Gasteiger partial charge on any atom is 0.257 e. The number of hydrogen-bond acceptors (Lipinski definition) is 2. The van der Waals surface area contributed by atoms with Crippen molar-refractivity contribution in [3.8, 4) is 0 Å². The van der Waals surface area contributed by atoms with Crippen molar-refractivity contribution in [2.75, 3.05) is 0 Å². The quantitative estimate of drug-likeness (QED) is 0.705. The van der Waals surface area contributed by atoms with E-state index in [-0.39, 0.29) is 17.9 Å². The fourth-order valence-corrected chi connectivity index (χ4v) is 4.42. The largest absolute Gasteiger partial charge is 0.366 e. The molecule has 3 aromatic rings. The highest BCUT2D eigenvalue weighted by Crippen LogP contribution is 2.48. The van der Waals surface area contributed by atoms with Crippen LogP contribution in [0.4, 0.5) is 0 Å². The first-order chi connectivity index (χ1) is 13.5. The summed E-state index contributed by atoms with van der Waals surface area (Å²) in [5.41, 5.74) is 2.03. The fourth-order valence-electron chi connectivity index (χ4n) is 4.42. The SMILES string of the molecule is CC(C)N1C(=O)c2ccccc2C1(O)C(Cc1ccccc1)c1ccccc1. The topological polar surface area (TPSA) is 40.5 Å². The number of carbonyl (C=O) groups is 1. The van der Waals surface area contributed by atoms with Gasteiger partial charge >= 0.3 is 0 Å². The molecule has 0 saturated carbocycles. The second kappa shape index (κ2) is 7.25. The molecule has 0 radical (unpaired) electrons. The maximum absolute atomic E-state index is 13.2. The van der Waals surface area contributed by atoms with Crippen LogP contribution in [0.15, 0.2) is 84.9 Å². The van der Waals surface area contributed by atoms with Crippen LogP contribution in [-0.2, 0) is 12.1 Å². The predicted molar refractivity (Wildman–Crippen MR) is 111 cm³/mol. The van der Waals surface area contributed by atoms with Crippen molar-refractivity contribution in [1.29, 1.82) is 0 Å². The molecule has 1 heterocycles. The summed E-state index contributed by atoms with van der Waals surface area (Å²) in [4.78, 5) is 14.9. The Morgan fingerprint density at radius 1 is 0.857 bits per heavy atom. The molecule has 3 nitrogen and oxygen atoms in total. The molecule has 1 aliphatic rings. The standard InChI is InChI=1S/C25H25NO2/c1-18(2)26-24(27)21-15-9-10-16-22(21)25(26,28)23(20-13-7-4-8-14-20)17-19-11-5-3-6-12-19/h3-16,18,23,28H,17H2,1-2H3. The van der Waals surface area contributed by atoms with Gasteiger partial charge in [-0.1, -0.05) is 78.9 Å². The van der Waals surface area contributed by atoms with E-state index in [0.29, 0.717) is 17.5 Å². The number of rotatable bonds is 5. The van der Waals surface area contributed by atoms with E-state index in [4.69, 9.17) is 0 Å². The highest BCUT2D eigenvalue weighted by atomic mass is 16.3. The van der Waals surface area contributed by atoms with Gasteiger partial charge in [-0.15, -0.1) is 0 Å². The Balaban J connectivity index is 1.91. The van der Waals surface area contributed by atoms with E-state index < -0.39 is 5.72 Å². The van der Waals surface area contributed by atoms with Gasteiger partial charge in [0.05, 0.1) is 0 Å². The Bertz CT molecular complexity index is 968. The number of amides is 1. The van der Waals surface area contributed by atoms with E-state index in [0.717, 1.165) is 11.1 Å². The van der Waals surface area contributed by atoms with Gasteiger partial charge in [0.15, 0.2) is 5.72 Å². The molecule has 0 fully saturated rings. The van der Waals surface area contributed by atoms with E-state index in [1.54, 1.807) is 4.90 Å². The third-order valence-electron chi connectivity index (χ3n) is 5.63. The number of fused-ring (bicyclic) bond motifs is 1. The molecule has 1 aliphatic heterocycles. The minimum Gasteiger partial charge on any atom is -0.366 e. The number of nitrogens with zero attached hydrogens (tertiary/aromatic N) is 1. The number of benzene rings is 3. The van der Waals surface area contributed by atoms with Crippen molar-refractivity contribution in [2.24, 2.45) is 0 Å². The minimum absolute atomic E-state index is 0.109. The zero-order valence-electron chi connectivity index (χ0n) is 16.2. The van der Waals surface area contributed by atoms with Crippen LogP contribution < -0.4 is 0 Å². The van der Waals surface area contributed by atoms with Crippen LogP contribution in [0.25, 0.3) is 0 Å². The van der Waals surface area contributed by atoms with Gasteiger partial charge in [-0.3, -0.25) is 4.79 Å². The normalized spacial score (nSPS) is 19.7.